The van der Waals surface area contributed by atoms with Gasteiger partial charge in [0.05, 0.1) is 0 Å². The Morgan fingerprint density at radius 1 is 1.13 bits per heavy atom. The molecule has 0 aromatic rings. The van der Waals surface area contributed by atoms with Gasteiger partial charge in [0.25, 0.3) is 0 Å². The minimum Gasteiger partial charge on any atom is -0.326 e. The van der Waals surface area contributed by atoms with Gasteiger partial charge >= 0.3 is 0 Å². The molecule has 0 radical (unpaired) electrons. The third-order valence-electron chi connectivity index (χ3n) is 4.46. The molecule has 2 heteroatoms. The highest BCUT2D eigenvalue weighted by Gasteiger charge is 2.34. The zero-order valence-corrected chi connectivity index (χ0v) is 10.3. The largest absolute Gasteiger partial charge is 0.326 e. The summed E-state index contributed by atoms with van der Waals surface area (Å²) in [5, 5.41) is 0. The lowest BCUT2D eigenvalue weighted by molar-refractivity contribution is 0.117. The summed E-state index contributed by atoms with van der Waals surface area (Å²) in [5.41, 5.74) is 6.28. The van der Waals surface area contributed by atoms with Gasteiger partial charge in [-0.05, 0) is 57.0 Å². The summed E-state index contributed by atoms with van der Waals surface area (Å²) in [6, 6.07) is 1.13. The Morgan fingerprint density at radius 2 is 1.80 bits per heavy atom. The van der Waals surface area contributed by atoms with E-state index in [0.29, 0.717) is 12.1 Å². The average molecular weight is 210 g/mol. The van der Waals surface area contributed by atoms with Crippen LogP contribution in [0.1, 0.15) is 46.0 Å². The van der Waals surface area contributed by atoms with E-state index < -0.39 is 0 Å². The molecule has 0 amide bonds. The van der Waals surface area contributed by atoms with Crippen LogP contribution >= 0.6 is 0 Å². The topological polar surface area (TPSA) is 29.3 Å². The molecule has 2 nitrogen and oxygen atoms in total. The fourth-order valence-corrected chi connectivity index (χ4v) is 3.30. The highest BCUT2D eigenvalue weighted by molar-refractivity contribution is 4.91. The molecule has 3 atom stereocenters. The number of rotatable bonds is 2. The number of likely N-dealkylation sites (tertiary alicyclic amines) is 1. The van der Waals surface area contributed by atoms with E-state index in [0.717, 1.165) is 11.8 Å². The average Bonchev–Trinajstić information content (AvgIpc) is 2.71. The van der Waals surface area contributed by atoms with Gasteiger partial charge in [0, 0.05) is 12.1 Å². The number of hydrogen-bond acceptors (Lipinski definition) is 2. The summed E-state index contributed by atoms with van der Waals surface area (Å²) in [5.74, 6) is 1.75. The molecule has 2 fully saturated rings. The molecule has 0 aromatic carbocycles. The smallest absolute Gasteiger partial charge is 0.0249 e. The van der Waals surface area contributed by atoms with Gasteiger partial charge in [-0.25, -0.2) is 0 Å². The zero-order chi connectivity index (χ0) is 10.8. The second-order valence-corrected chi connectivity index (χ2v) is 5.79. The molecule has 1 saturated carbocycles. The SMILES string of the molecule is CC(C)C1CCC(N)C(N2CCCC2)C1. The first-order valence-corrected chi connectivity index (χ1v) is 6.68. The van der Waals surface area contributed by atoms with E-state index in [1.807, 2.05) is 0 Å². The van der Waals surface area contributed by atoms with Crippen LogP contribution in [0.5, 0.6) is 0 Å². The number of nitrogens with two attached hydrogens (primary N) is 1. The highest BCUT2D eigenvalue weighted by atomic mass is 15.2. The first-order chi connectivity index (χ1) is 7.18. The van der Waals surface area contributed by atoms with Gasteiger partial charge in [0.1, 0.15) is 0 Å². The Balaban J connectivity index is 1.95. The first-order valence-electron chi connectivity index (χ1n) is 6.68. The summed E-state index contributed by atoms with van der Waals surface area (Å²) in [7, 11) is 0. The Hall–Kier alpha value is -0.0800. The highest BCUT2D eigenvalue weighted by Crippen LogP contribution is 2.33. The Morgan fingerprint density at radius 3 is 2.40 bits per heavy atom. The Kier molecular flexibility index (Phi) is 3.68. The maximum Gasteiger partial charge on any atom is 0.0249 e. The molecule has 0 aromatic heterocycles. The van der Waals surface area contributed by atoms with E-state index in [1.54, 1.807) is 0 Å². The van der Waals surface area contributed by atoms with Crippen molar-refractivity contribution in [1.82, 2.24) is 4.90 Å². The van der Waals surface area contributed by atoms with Gasteiger partial charge in [-0.2, -0.15) is 0 Å². The molecule has 2 rings (SSSR count). The van der Waals surface area contributed by atoms with Crippen molar-refractivity contribution >= 4 is 0 Å². The van der Waals surface area contributed by atoms with Crippen molar-refractivity contribution in [2.24, 2.45) is 17.6 Å². The van der Waals surface area contributed by atoms with Gasteiger partial charge in [-0.1, -0.05) is 13.8 Å². The van der Waals surface area contributed by atoms with Crippen LogP contribution < -0.4 is 5.73 Å². The molecule has 0 spiro atoms. The zero-order valence-electron chi connectivity index (χ0n) is 10.3. The quantitative estimate of drug-likeness (QED) is 0.757. The molecule has 1 aliphatic heterocycles. The molecule has 15 heavy (non-hydrogen) atoms. The molecule has 3 unspecified atom stereocenters. The third-order valence-corrected chi connectivity index (χ3v) is 4.46. The molecule has 1 heterocycles. The minimum absolute atomic E-state index is 0.443. The van der Waals surface area contributed by atoms with Crippen molar-refractivity contribution < 1.29 is 0 Å². The van der Waals surface area contributed by atoms with Crippen LogP contribution in [-0.2, 0) is 0 Å². The van der Waals surface area contributed by atoms with E-state index in [1.165, 1.54) is 45.2 Å². The summed E-state index contributed by atoms with van der Waals surface area (Å²) in [6.45, 7) is 7.32. The van der Waals surface area contributed by atoms with Crippen molar-refractivity contribution in [3.63, 3.8) is 0 Å². The van der Waals surface area contributed by atoms with Crippen molar-refractivity contribution in [3.8, 4) is 0 Å². The van der Waals surface area contributed by atoms with E-state index >= 15 is 0 Å². The minimum atomic E-state index is 0.443. The second kappa shape index (κ2) is 4.84. The van der Waals surface area contributed by atoms with Crippen molar-refractivity contribution in [3.05, 3.63) is 0 Å². The van der Waals surface area contributed by atoms with Gasteiger partial charge in [-0.3, -0.25) is 4.90 Å². The molecule has 1 saturated heterocycles. The summed E-state index contributed by atoms with van der Waals surface area (Å²) >= 11 is 0. The molecule has 2 N–H and O–H groups in total. The van der Waals surface area contributed by atoms with Gasteiger partial charge in [0.2, 0.25) is 0 Å². The third kappa shape index (κ3) is 2.54. The number of nitrogens with zero attached hydrogens (tertiary/aromatic N) is 1. The maximum atomic E-state index is 6.28. The second-order valence-electron chi connectivity index (χ2n) is 5.79. The van der Waals surface area contributed by atoms with Gasteiger partial charge in [-0.15, -0.1) is 0 Å². The van der Waals surface area contributed by atoms with E-state index in [4.69, 9.17) is 5.73 Å². The van der Waals surface area contributed by atoms with E-state index in [9.17, 15) is 0 Å². The van der Waals surface area contributed by atoms with Crippen LogP contribution in [0.3, 0.4) is 0 Å². The normalized spacial score (nSPS) is 38.8. The Labute approximate surface area is 94.2 Å². The molecule has 0 bridgehead atoms. The van der Waals surface area contributed by atoms with Gasteiger partial charge < -0.3 is 5.73 Å². The fraction of sp³-hybridized carbons (Fsp3) is 1.00. The summed E-state index contributed by atoms with van der Waals surface area (Å²) in [4.78, 5) is 2.65. The summed E-state index contributed by atoms with van der Waals surface area (Å²) in [6.07, 6.45) is 6.71. The fourth-order valence-electron chi connectivity index (χ4n) is 3.30. The predicted octanol–water partition coefficient (Wildman–Crippen LogP) is 2.23. The predicted molar refractivity (Wildman–Crippen MR) is 64.7 cm³/mol. The van der Waals surface area contributed by atoms with Crippen LogP contribution in [0.15, 0.2) is 0 Å². The lowest BCUT2D eigenvalue weighted by atomic mass is 9.76. The Bertz CT molecular complexity index is 197. The van der Waals surface area contributed by atoms with Crippen LogP contribution in [0.2, 0.25) is 0 Å². The van der Waals surface area contributed by atoms with E-state index in [-0.39, 0.29) is 0 Å². The lowest BCUT2D eigenvalue weighted by Crippen LogP contribution is -2.50. The van der Waals surface area contributed by atoms with Crippen molar-refractivity contribution in [2.75, 3.05) is 13.1 Å². The van der Waals surface area contributed by atoms with Crippen molar-refractivity contribution in [1.29, 1.82) is 0 Å². The van der Waals surface area contributed by atoms with Crippen LogP contribution in [-0.4, -0.2) is 30.1 Å². The number of hydrogen-bond donors (Lipinski definition) is 1. The standard InChI is InChI=1S/C13H26N2/c1-10(2)11-5-6-12(14)13(9-11)15-7-3-4-8-15/h10-13H,3-9,14H2,1-2H3. The van der Waals surface area contributed by atoms with Crippen LogP contribution in [0.25, 0.3) is 0 Å². The molecular weight excluding hydrogens is 184 g/mol. The van der Waals surface area contributed by atoms with E-state index in [2.05, 4.69) is 18.7 Å². The van der Waals surface area contributed by atoms with Crippen LogP contribution in [0.4, 0.5) is 0 Å². The monoisotopic (exact) mass is 210 g/mol. The first kappa shape index (κ1) is 11.4. The molecule has 2 aliphatic rings. The maximum absolute atomic E-state index is 6.28. The van der Waals surface area contributed by atoms with Crippen molar-refractivity contribution in [2.45, 2.75) is 58.0 Å². The van der Waals surface area contributed by atoms with Crippen LogP contribution in [0, 0.1) is 11.8 Å². The van der Waals surface area contributed by atoms with Gasteiger partial charge in [0.15, 0.2) is 0 Å². The molecule has 1 aliphatic carbocycles. The lowest BCUT2D eigenvalue weighted by Gasteiger charge is -2.40. The summed E-state index contributed by atoms with van der Waals surface area (Å²) < 4.78 is 0. The molecular formula is C13H26N2. The molecule has 88 valence electrons.